The van der Waals surface area contributed by atoms with Gasteiger partial charge in [0.05, 0.1) is 0 Å². The average molecular weight is 404 g/mol. The molecule has 152 valence electrons. The van der Waals surface area contributed by atoms with Gasteiger partial charge in [-0.25, -0.2) is 9.37 Å². The van der Waals surface area contributed by atoms with Crippen molar-refractivity contribution in [1.29, 1.82) is 0 Å². The highest BCUT2D eigenvalue weighted by molar-refractivity contribution is 5.96. The Balaban J connectivity index is 1.65. The van der Waals surface area contributed by atoms with Crippen LogP contribution in [0.4, 0.5) is 15.9 Å². The number of fused-ring (bicyclic) bond motifs is 2. The van der Waals surface area contributed by atoms with Gasteiger partial charge in [0.25, 0.3) is 0 Å². The second kappa shape index (κ2) is 7.11. The van der Waals surface area contributed by atoms with Crippen molar-refractivity contribution in [1.82, 2.24) is 10.3 Å². The number of halogens is 1. The summed E-state index contributed by atoms with van der Waals surface area (Å²) in [5.41, 5.74) is 8.60. The van der Waals surface area contributed by atoms with Crippen molar-refractivity contribution in [3.05, 3.63) is 64.6 Å². The molecule has 0 radical (unpaired) electrons. The predicted octanol–water partition coefficient (Wildman–Crippen LogP) is 3.53. The maximum Gasteiger partial charge on any atom is 0.222 e. The lowest BCUT2D eigenvalue weighted by atomic mass is 10.0. The summed E-state index contributed by atoms with van der Waals surface area (Å²) in [7, 11) is 0. The Labute approximate surface area is 172 Å². The number of benzene rings is 2. The Morgan fingerprint density at radius 3 is 2.80 bits per heavy atom. The molecule has 1 aliphatic rings. The van der Waals surface area contributed by atoms with Crippen LogP contribution in [-0.2, 0) is 0 Å². The van der Waals surface area contributed by atoms with Crippen molar-refractivity contribution < 1.29 is 8.81 Å². The Bertz CT molecular complexity index is 1320. The first-order chi connectivity index (χ1) is 14.5. The molecule has 3 N–H and O–H groups in total. The number of nitrogens with zero attached hydrogens (tertiary/aromatic N) is 2. The molecule has 0 spiro atoms. The number of aromatic nitrogens is 1. The molecule has 1 aliphatic heterocycles. The minimum absolute atomic E-state index is 0.0302. The standard InChI is InChI=1S/C23H21FN4O2/c1-13-12-28(10-9-26-13)15-7-5-14(6-8-15)16-11-19(25)27-21-22(29)20-17(24)3-2-4-18(20)30-23(16)21/h2-8,11,13,26H,9-10,12H2,1H3,(H2,25,27)/t13-/m0/s1. The molecule has 4 aromatic rings. The Hall–Kier alpha value is -3.45. The van der Waals surface area contributed by atoms with Crippen LogP contribution in [0.15, 0.2) is 57.7 Å². The molecule has 2 aromatic carbocycles. The zero-order chi connectivity index (χ0) is 20.8. The fourth-order valence-corrected chi connectivity index (χ4v) is 4.08. The van der Waals surface area contributed by atoms with Crippen molar-refractivity contribution >= 4 is 33.6 Å². The second-order valence-electron chi connectivity index (χ2n) is 7.66. The van der Waals surface area contributed by atoms with Crippen molar-refractivity contribution in [3.63, 3.8) is 0 Å². The summed E-state index contributed by atoms with van der Waals surface area (Å²) in [5, 5.41) is 3.32. The third-order valence-electron chi connectivity index (χ3n) is 5.53. The topological polar surface area (TPSA) is 84.4 Å². The number of piperazine rings is 1. The van der Waals surface area contributed by atoms with E-state index in [2.05, 4.69) is 34.3 Å². The van der Waals surface area contributed by atoms with Crippen LogP contribution in [0, 0.1) is 5.82 Å². The van der Waals surface area contributed by atoms with Crippen LogP contribution in [0.2, 0.25) is 0 Å². The van der Waals surface area contributed by atoms with Gasteiger partial charge in [0.15, 0.2) is 11.1 Å². The van der Waals surface area contributed by atoms with Gasteiger partial charge in [0, 0.05) is 36.9 Å². The van der Waals surface area contributed by atoms with Crippen molar-refractivity contribution in [2.45, 2.75) is 13.0 Å². The van der Waals surface area contributed by atoms with Crippen LogP contribution >= 0.6 is 0 Å². The zero-order valence-electron chi connectivity index (χ0n) is 16.5. The van der Waals surface area contributed by atoms with Gasteiger partial charge in [-0.1, -0.05) is 18.2 Å². The van der Waals surface area contributed by atoms with Gasteiger partial charge in [-0.3, -0.25) is 4.79 Å². The SMILES string of the molecule is C[C@H]1CN(c2ccc(-c3cc(N)nc4c(=O)c5c(F)cccc5oc34)cc2)CCN1. The van der Waals surface area contributed by atoms with Crippen molar-refractivity contribution in [2.24, 2.45) is 0 Å². The molecule has 3 heterocycles. The van der Waals surface area contributed by atoms with E-state index in [9.17, 15) is 9.18 Å². The van der Waals surface area contributed by atoms with Crippen LogP contribution in [0.3, 0.4) is 0 Å². The first kappa shape index (κ1) is 18.6. The third kappa shape index (κ3) is 3.07. The maximum absolute atomic E-state index is 14.2. The van der Waals surface area contributed by atoms with Gasteiger partial charge >= 0.3 is 0 Å². The molecule has 7 heteroatoms. The van der Waals surface area contributed by atoms with Gasteiger partial charge in [0.1, 0.15) is 22.6 Å². The average Bonchev–Trinajstić information content (AvgIpc) is 2.74. The number of pyridine rings is 1. The maximum atomic E-state index is 14.2. The summed E-state index contributed by atoms with van der Waals surface area (Å²) in [5.74, 6) is -0.455. The highest BCUT2D eigenvalue weighted by Crippen LogP contribution is 2.32. The van der Waals surface area contributed by atoms with Gasteiger partial charge < -0.3 is 20.4 Å². The Morgan fingerprint density at radius 2 is 2.03 bits per heavy atom. The molecule has 1 atom stereocenters. The molecular weight excluding hydrogens is 383 g/mol. The molecule has 6 nitrogen and oxygen atoms in total. The van der Waals surface area contributed by atoms with E-state index in [0.717, 1.165) is 30.9 Å². The Morgan fingerprint density at radius 1 is 1.23 bits per heavy atom. The predicted molar refractivity (Wildman–Crippen MR) is 117 cm³/mol. The van der Waals surface area contributed by atoms with Crippen LogP contribution in [-0.4, -0.2) is 30.7 Å². The normalized spacial score (nSPS) is 17.0. The number of hydrogen-bond acceptors (Lipinski definition) is 6. The quantitative estimate of drug-likeness (QED) is 0.497. The molecule has 1 fully saturated rings. The van der Waals surface area contributed by atoms with Crippen LogP contribution in [0.25, 0.3) is 33.2 Å². The number of anilines is 2. The van der Waals surface area contributed by atoms with E-state index in [4.69, 9.17) is 10.2 Å². The third-order valence-corrected chi connectivity index (χ3v) is 5.53. The molecule has 0 bridgehead atoms. The first-order valence-corrected chi connectivity index (χ1v) is 9.91. The molecular formula is C23H21FN4O2. The van der Waals surface area contributed by atoms with E-state index in [1.807, 2.05) is 12.1 Å². The number of nitrogen functional groups attached to an aromatic ring is 1. The lowest BCUT2D eigenvalue weighted by Gasteiger charge is -2.33. The summed E-state index contributed by atoms with van der Waals surface area (Å²) in [4.78, 5) is 19.4. The molecule has 2 aromatic heterocycles. The van der Waals surface area contributed by atoms with Crippen LogP contribution < -0.4 is 21.4 Å². The smallest absolute Gasteiger partial charge is 0.222 e. The fraction of sp³-hybridized carbons (Fsp3) is 0.217. The molecule has 0 amide bonds. The number of nitrogens with two attached hydrogens (primary N) is 1. The van der Waals surface area contributed by atoms with Crippen molar-refractivity contribution in [3.8, 4) is 11.1 Å². The molecule has 0 aliphatic carbocycles. The largest absolute Gasteiger partial charge is 0.453 e. The number of hydrogen-bond donors (Lipinski definition) is 2. The lowest BCUT2D eigenvalue weighted by Crippen LogP contribution is -2.49. The molecule has 30 heavy (non-hydrogen) atoms. The number of rotatable bonds is 2. The summed E-state index contributed by atoms with van der Waals surface area (Å²) in [6.07, 6.45) is 0. The monoisotopic (exact) mass is 404 g/mol. The van der Waals surface area contributed by atoms with E-state index >= 15 is 0 Å². The minimum atomic E-state index is -0.636. The molecule has 1 saturated heterocycles. The highest BCUT2D eigenvalue weighted by atomic mass is 19.1. The van der Waals surface area contributed by atoms with Gasteiger partial charge in [-0.15, -0.1) is 0 Å². The van der Waals surface area contributed by atoms with E-state index in [1.54, 1.807) is 12.1 Å². The zero-order valence-corrected chi connectivity index (χ0v) is 16.5. The van der Waals surface area contributed by atoms with E-state index < -0.39 is 11.2 Å². The van der Waals surface area contributed by atoms with E-state index in [-0.39, 0.29) is 22.3 Å². The van der Waals surface area contributed by atoms with Crippen molar-refractivity contribution in [2.75, 3.05) is 30.3 Å². The van der Waals surface area contributed by atoms with Crippen LogP contribution in [0.5, 0.6) is 0 Å². The lowest BCUT2D eigenvalue weighted by molar-refractivity contribution is 0.485. The molecule has 5 rings (SSSR count). The van der Waals surface area contributed by atoms with Gasteiger partial charge in [0.2, 0.25) is 5.43 Å². The fourth-order valence-electron chi connectivity index (χ4n) is 4.08. The van der Waals surface area contributed by atoms with E-state index in [0.29, 0.717) is 17.2 Å². The summed E-state index contributed by atoms with van der Waals surface area (Å²) < 4.78 is 20.2. The first-order valence-electron chi connectivity index (χ1n) is 9.91. The molecule has 0 unspecified atom stereocenters. The molecule has 0 saturated carbocycles. The summed E-state index contributed by atoms with van der Waals surface area (Å²) in [6, 6.07) is 14.5. The minimum Gasteiger partial charge on any atom is -0.453 e. The van der Waals surface area contributed by atoms with Gasteiger partial charge in [-0.2, -0.15) is 0 Å². The highest BCUT2D eigenvalue weighted by Gasteiger charge is 2.19. The Kier molecular flexibility index (Phi) is 4.40. The van der Waals surface area contributed by atoms with Gasteiger partial charge in [-0.05, 0) is 42.8 Å². The second-order valence-corrected chi connectivity index (χ2v) is 7.66. The summed E-state index contributed by atoms with van der Waals surface area (Å²) >= 11 is 0. The van der Waals surface area contributed by atoms with Crippen LogP contribution in [0.1, 0.15) is 6.92 Å². The van der Waals surface area contributed by atoms with E-state index in [1.165, 1.54) is 12.1 Å². The summed E-state index contributed by atoms with van der Waals surface area (Å²) in [6.45, 7) is 5.00. The number of nitrogens with one attached hydrogen (secondary N) is 1.